The first-order valence-corrected chi connectivity index (χ1v) is 7.47. The van der Waals surface area contributed by atoms with Crippen LogP contribution in [0.15, 0.2) is 0 Å². The van der Waals surface area contributed by atoms with Crippen LogP contribution in [0.3, 0.4) is 0 Å². The van der Waals surface area contributed by atoms with E-state index in [1.165, 1.54) is 12.8 Å². The van der Waals surface area contributed by atoms with E-state index in [1.807, 2.05) is 0 Å². The molecule has 0 aromatic carbocycles. The van der Waals surface area contributed by atoms with Crippen LogP contribution >= 0.6 is 0 Å². The molecule has 0 aromatic heterocycles. The van der Waals surface area contributed by atoms with Gasteiger partial charge in [0.1, 0.15) is 0 Å². The predicted octanol–water partition coefficient (Wildman–Crippen LogP) is 4.89. The molecule has 3 saturated carbocycles. The zero-order chi connectivity index (χ0) is 11.6. The third-order valence-corrected chi connectivity index (χ3v) is 6.75. The van der Waals surface area contributed by atoms with Crippen molar-refractivity contribution in [2.45, 2.75) is 66.2 Å². The molecule has 0 N–H and O–H groups in total. The SMILES string of the molecule is CC(C)C1CCC(C)(CC23CCC2C3)C1C. The van der Waals surface area contributed by atoms with Crippen LogP contribution in [0.1, 0.15) is 66.2 Å². The molecule has 3 fully saturated rings. The largest absolute Gasteiger partial charge is 0.0625 e. The Hall–Kier alpha value is 0. The molecule has 3 aliphatic carbocycles. The summed E-state index contributed by atoms with van der Waals surface area (Å²) in [5.41, 5.74) is 1.55. The van der Waals surface area contributed by atoms with E-state index in [9.17, 15) is 0 Å². The van der Waals surface area contributed by atoms with Gasteiger partial charge in [-0.05, 0) is 73.0 Å². The first-order valence-electron chi connectivity index (χ1n) is 7.47. The Labute approximate surface area is 101 Å². The van der Waals surface area contributed by atoms with Crippen LogP contribution in [0.5, 0.6) is 0 Å². The van der Waals surface area contributed by atoms with Crippen molar-refractivity contribution in [1.29, 1.82) is 0 Å². The minimum absolute atomic E-state index is 0.685. The van der Waals surface area contributed by atoms with Crippen LogP contribution < -0.4 is 0 Å². The number of fused-ring (bicyclic) bond motifs is 1. The van der Waals surface area contributed by atoms with E-state index in [2.05, 4.69) is 27.7 Å². The van der Waals surface area contributed by atoms with Crippen molar-refractivity contribution in [2.24, 2.45) is 34.5 Å². The van der Waals surface area contributed by atoms with Gasteiger partial charge in [0.05, 0.1) is 0 Å². The van der Waals surface area contributed by atoms with Crippen LogP contribution in [0.25, 0.3) is 0 Å². The second-order valence-corrected chi connectivity index (χ2v) is 7.87. The second kappa shape index (κ2) is 3.27. The van der Waals surface area contributed by atoms with E-state index in [4.69, 9.17) is 0 Å². The Morgan fingerprint density at radius 2 is 1.94 bits per heavy atom. The van der Waals surface area contributed by atoms with Gasteiger partial charge in [-0.3, -0.25) is 0 Å². The summed E-state index contributed by atoms with van der Waals surface area (Å²) < 4.78 is 0. The lowest BCUT2D eigenvalue weighted by Crippen LogP contribution is -2.30. The standard InChI is InChI=1S/C16H28/c1-11(2)14-6-7-15(4,12(14)3)10-16-8-5-13(16)9-16/h11-14H,5-10H2,1-4H3. The van der Waals surface area contributed by atoms with Gasteiger partial charge in [-0.1, -0.05) is 27.7 Å². The highest BCUT2D eigenvalue weighted by Gasteiger charge is 2.63. The molecule has 16 heavy (non-hydrogen) atoms. The molecule has 0 saturated heterocycles. The minimum Gasteiger partial charge on any atom is -0.0625 e. The Bertz CT molecular complexity index is 288. The van der Waals surface area contributed by atoms with E-state index in [-0.39, 0.29) is 0 Å². The summed E-state index contributed by atoms with van der Waals surface area (Å²) in [6.07, 6.45) is 9.27. The van der Waals surface area contributed by atoms with Crippen molar-refractivity contribution in [1.82, 2.24) is 0 Å². The molecule has 92 valence electrons. The van der Waals surface area contributed by atoms with Crippen LogP contribution in [-0.4, -0.2) is 0 Å². The predicted molar refractivity (Wildman–Crippen MR) is 69.2 cm³/mol. The summed E-state index contributed by atoms with van der Waals surface area (Å²) in [5, 5.41) is 0. The fraction of sp³-hybridized carbons (Fsp3) is 1.00. The second-order valence-electron chi connectivity index (χ2n) is 7.87. The summed E-state index contributed by atoms with van der Waals surface area (Å²) >= 11 is 0. The highest BCUT2D eigenvalue weighted by molar-refractivity contribution is 5.13. The lowest BCUT2D eigenvalue weighted by Gasteiger charge is -2.39. The first-order chi connectivity index (χ1) is 7.47. The molecule has 0 heterocycles. The summed E-state index contributed by atoms with van der Waals surface area (Å²) in [6, 6.07) is 0. The summed E-state index contributed by atoms with van der Waals surface area (Å²) in [4.78, 5) is 0. The third-order valence-electron chi connectivity index (χ3n) is 6.75. The van der Waals surface area contributed by atoms with E-state index in [0.717, 1.165) is 29.1 Å². The van der Waals surface area contributed by atoms with E-state index in [0.29, 0.717) is 5.41 Å². The Kier molecular flexibility index (Phi) is 2.27. The topological polar surface area (TPSA) is 0 Å². The van der Waals surface area contributed by atoms with Crippen molar-refractivity contribution < 1.29 is 0 Å². The minimum atomic E-state index is 0.685. The van der Waals surface area contributed by atoms with Crippen molar-refractivity contribution in [3.63, 3.8) is 0 Å². The molecule has 0 heteroatoms. The fourth-order valence-corrected chi connectivity index (χ4v) is 5.15. The van der Waals surface area contributed by atoms with Gasteiger partial charge in [0.15, 0.2) is 0 Å². The summed E-state index contributed by atoms with van der Waals surface area (Å²) in [7, 11) is 0. The Morgan fingerprint density at radius 3 is 2.31 bits per heavy atom. The van der Waals surface area contributed by atoms with Gasteiger partial charge >= 0.3 is 0 Å². The molecular weight excluding hydrogens is 192 g/mol. The molecule has 5 atom stereocenters. The molecule has 5 unspecified atom stereocenters. The molecule has 0 bridgehead atoms. The highest BCUT2D eigenvalue weighted by atomic mass is 14.7. The monoisotopic (exact) mass is 220 g/mol. The quantitative estimate of drug-likeness (QED) is 0.635. The van der Waals surface area contributed by atoms with E-state index >= 15 is 0 Å². The first kappa shape index (κ1) is 11.1. The highest BCUT2D eigenvalue weighted by Crippen LogP contribution is 2.73. The molecule has 0 amide bonds. The fourth-order valence-electron chi connectivity index (χ4n) is 5.15. The van der Waals surface area contributed by atoms with Gasteiger partial charge in [-0.25, -0.2) is 0 Å². The maximum Gasteiger partial charge on any atom is -0.0261 e. The van der Waals surface area contributed by atoms with Crippen molar-refractivity contribution >= 4 is 0 Å². The van der Waals surface area contributed by atoms with E-state index < -0.39 is 0 Å². The van der Waals surface area contributed by atoms with Gasteiger partial charge in [0.2, 0.25) is 0 Å². The Morgan fingerprint density at radius 1 is 1.19 bits per heavy atom. The Balaban J connectivity index is 1.69. The lowest BCUT2D eigenvalue weighted by atomic mass is 9.66. The molecule has 0 aliphatic heterocycles. The van der Waals surface area contributed by atoms with Gasteiger partial charge in [-0.15, -0.1) is 0 Å². The molecule has 3 aliphatic rings. The number of hydrogen-bond donors (Lipinski definition) is 0. The van der Waals surface area contributed by atoms with Crippen LogP contribution in [0.4, 0.5) is 0 Å². The molecule has 3 rings (SSSR count). The van der Waals surface area contributed by atoms with Crippen molar-refractivity contribution in [3.05, 3.63) is 0 Å². The van der Waals surface area contributed by atoms with E-state index in [1.54, 1.807) is 25.7 Å². The number of hydrogen-bond acceptors (Lipinski definition) is 0. The van der Waals surface area contributed by atoms with Crippen LogP contribution in [-0.2, 0) is 0 Å². The van der Waals surface area contributed by atoms with Crippen molar-refractivity contribution in [3.8, 4) is 0 Å². The molecule has 0 aromatic rings. The maximum absolute atomic E-state index is 2.60. The average Bonchev–Trinajstić information content (AvgIpc) is 2.55. The maximum atomic E-state index is 2.60. The van der Waals surface area contributed by atoms with Crippen LogP contribution in [0, 0.1) is 34.5 Å². The average molecular weight is 220 g/mol. The third kappa shape index (κ3) is 1.41. The van der Waals surface area contributed by atoms with Gasteiger partial charge in [-0.2, -0.15) is 0 Å². The van der Waals surface area contributed by atoms with Gasteiger partial charge in [0, 0.05) is 0 Å². The van der Waals surface area contributed by atoms with Crippen molar-refractivity contribution in [2.75, 3.05) is 0 Å². The molecule has 0 spiro atoms. The van der Waals surface area contributed by atoms with Gasteiger partial charge in [0.25, 0.3) is 0 Å². The summed E-state index contributed by atoms with van der Waals surface area (Å²) in [6.45, 7) is 10.00. The van der Waals surface area contributed by atoms with Crippen LogP contribution in [0.2, 0.25) is 0 Å². The molecule has 0 radical (unpaired) electrons. The number of rotatable bonds is 3. The zero-order valence-corrected chi connectivity index (χ0v) is 11.6. The summed E-state index contributed by atoms with van der Waals surface area (Å²) in [5.74, 6) is 4.02. The smallest absolute Gasteiger partial charge is 0.0261 e. The lowest BCUT2D eigenvalue weighted by molar-refractivity contribution is 0.104. The molecular formula is C16H28. The molecule has 0 nitrogen and oxygen atoms in total. The van der Waals surface area contributed by atoms with Gasteiger partial charge < -0.3 is 0 Å². The zero-order valence-electron chi connectivity index (χ0n) is 11.6. The normalized spacial score (nSPS) is 54.9.